The number of alkyl halides is 3. The molecule has 0 unspecified atom stereocenters. The number of halogens is 3. The van der Waals surface area contributed by atoms with Gasteiger partial charge in [0.05, 0.1) is 12.1 Å². The average molecular weight is 369 g/mol. The third-order valence-electron chi connectivity index (χ3n) is 5.03. The van der Waals surface area contributed by atoms with Gasteiger partial charge in [-0.3, -0.25) is 9.59 Å². The summed E-state index contributed by atoms with van der Waals surface area (Å²) < 4.78 is 38.5. The Morgan fingerprint density at radius 2 is 1.85 bits per heavy atom. The van der Waals surface area contributed by atoms with Crippen molar-refractivity contribution in [1.82, 2.24) is 10.2 Å². The third kappa shape index (κ3) is 4.28. The Bertz CT molecular complexity index is 685. The first kappa shape index (κ1) is 18.5. The van der Waals surface area contributed by atoms with Gasteiger partial charge in [-0.25, -0.2) is 0 Å². The highest BCUT2D eigenvalue weighted by atomic mass is 19.4. The number of piperazine rings is 1. The molecule has 1 aliphatic heterocycles. The number of benzene rings is 1. The highest BCUT2D eigenvalue weighted by molar-refractivity contribution is 5.87. The largest absolute Gasteiger partial charge is 0.416 e. The van der Waals surface area contributed by atoms with Crippen LogP contribution in [0.25, 0.3) is 0 Å². The van der Waals surface area contributed by atoms with Crippen LogP contribution in [0.1, 0.15) is 18.9 Å². The summed E-state index contributed by atoms with van der Waals surface area (Å²) in [4.78, 5) is 27.4. The molecule has 1 saturated heterocycles. The zero-order valence-electron chi connectivity index (χ0n) is 14.6. The summed E-state index contributed by atoms with van der Waals surface area (Å²) in [6.45, 7) is 3.74. The van der Waals surface area contributed by atoms with Gasteiger partial charge >= 0.3 is 6.18 Å². The molecule has 1 aliphatic carbocycles. The number of amides is 2. The van der Waals surface area contributed by atoms with Crippen LogP contribution in [0, 0.1) is 11.8 Å². The van der Waals surface area contributed by atoms with Gasteiger partial charge in [0.25, 0.3) is 0 Å². The van der Waals surface area contributed by atoms with E-state index in [1.54, 1.807) is 11.0 Å². The first-order valence-electron chi connectivity index (χ1n) is 8.73. The second kappa shape index (κ2) is 7.17. The van der Waals surface area contributed by atoms with Crippen molar-refractivity contribution >= 4 is 17.5 Å². The fourth-order valence-electron chi connectivity index (χ4n) is 3.19. The first-order chi connectivity index (χ1) is 12.3. The van der Waals surface area contributed by atoms with Crippen molar-refractivity contribution in [2.45, 2.75) is 19.5 Å². The molecule has 0 aromatic heterocycles. The van der Waals surface area contributed by atoms with E-state index in [0.717, 1.165) is 18.6 Å². The Morgan fingerprint density at radius 3 is 2.42 bits per heavy atom. The van der Waals surface area contributed by atoms with Crippen LogP contribution < -0.4 is 10.2 Å². The summed E-state index contributed by atoms with van der Waals surface area (Å²) in [5, 5.41) is 2.67. The van der Waals surface area contributed by atoms with E-state index in [1.807, 2.05) is 11.8 Å². The van der Waals surface area contributed by atoms with E-state index in [-0.39, 0.29) is 24.3 Å². The third-order valence-corrected chi connectivity index (χ3v) is 5.03. The Kier molecular flexibility index (Phi) is 5.11. The predicted molar refractivity (Wildman–Crippen MR) is 90.5 cm³/mol. The SMILES string of the molecule is C[C@H]1C[C@@H]1C(=O)NCC(=O)N1CCN(c2cccc(C(F)(F)F)c2)CC1. The van der Waals surface area contributed by atoms with Crippen LogP contribution >= 0.6 is 0 Å². The van der Waals surface area contributed by atoms with E-state index < -0.39 is 11.7 Å². The maximum absolute atomic E-state index is 12.8. The zero-order valence-corrected chi connectivity index (χ0v) is 14.6. The standard InChI is InChI=1S/C18H22F3N3O2/c1-12-9-15(12)17(26)22-11-16(25)24-7-5-23(6-8-24)14-4-2-3-13(10-14)18(19,20)21/h2-4,10,12,15H,5-9,11H2,1H3,(H,22,26)/t12-,15-/m0/s1. The Labute approximate surface area is 150 Å². The van der Waals surface area contributed by atoms with E-state index >= 15 is 0 Å². The minimum absolute atomic E-state index is 0.0222. The molecule has 3 rings (SSSR count). The molecule has 1 aromatic carbocycles. The van der Waals surface area contributed by atoms with E-state index in [9.17, 15) is 22.8 Å². The van der Waals surface area contributed by atoms with Crippen molar-refractivity contribution in [3.8, 4) is 0 Å². The summed E-state index contributed by atoms with van der Waals surface area (Å²) in [7, 11) is 0. The van der Waals surface area contributed by atoms with Gasteiger partial charge in [-0.05, 0) is 30.5 Å². The van der Waals surface area contributed by atoms with Crippen LogP contribution in [-0.2, 0) is 15.8 Å². The lowest BCUT2D eigenvalue weighted by Crippen LogP contribution is -2.51. The molecule has 142 valence electrons. The van der Waals surface area contributed by atoms with Gasteiger partial charge in [-0.2, -0.15) is 13.2 Å². The molecule has 1 saturated carbocycles. The molecule has 0 bridgehead atoms. The summed E-state index contributed by atoms with van der Waals surface area (Å²) in [5.41, 5.74) is -0.173. The normalized spacial score (nSPS) is 22.9. The van der Waals surface area contributed by atoms with E-state index in [0.29, 0.717) is 37.8 Å². The summed E-state index contributed by atoms with van der Waals surface area (Å²) in [6, 6.07) is 5.22. The highest BCUT2D eigenvalue weighted by Crippen LogP contribution is 2.37. The number of anilines is 1. The van der Waals surface area contributed by atoms with Gasteiger partial charge in [-0.1, -0.05) is 13.0 Å². The Hall–Kier alpha value is -2.25. The minimum Gasteiger partial charge on any atom is -0.368 e. The lowest BCUT2D eigenvalue weighted by molar-refractivity contribution is -0.137. The molecule has 1 heterocycles. The predicted octanol–water partition coefficient (Wildman–Crippen LogP) is 2.13. The smallest absolute Gasteiger partial charge is 0.368 e. The number of hydrogen-bond donors (Lipinski definition) is 1. The summed E-state index contributed by atoms with van der Waals surface area (Å²) in [6.07, 6.45) is -3.50. The van der Waals surface area contributed by atoms with Crippen molar-refractivity contribution in [1.29, 1.82) is 0 Å². The monoisotopic (exact) mass is 369 g/mol. The van der Waals surface area contributed by atoms with Crippen molar-refractivity contribution in [2.75, 3.05) is 37.6 Å². The van der Waals surface area contributed by atoms with Gasteiger partial charge in [0.15, 0.2) is 0 Å². The van der Waals surface area contributed by atoms with Gasteiger partial charge in [0, 0.05) is 37.8 Å². The molecule has 0 radical (unpaired) electrons. The van der Waals surface area contributed by atoms with Crippen LogP contribution in [0.15, 0.2) is 24.3 Å². The van der Waals surface area contributed by atoms with Crippen LogP contribution in [-0.4, -0.2) is 49.4 Å². The summed E-state index contributed by atoms with van der Waals surface area (Å²) in [5.74, 6) is 0.186. The van der Waals surface area contributed by atoms with Crippen molar-refractivity contribution < 1.29 is 22.8 Å². The second-order valence-corrected chi connectivity index (χ2v) is 6.95. The van der Waals surface area contributed by atoms with Gasteiger partial charge < -0.3 is 15.1 Å². The van der Waals surface area contributed by atoms with Crippen LogP contribution in [0.3, 0.4) is 0 Å². The zero-order chi connectivity index (χ0) is 18.9. The molecule has 2 atom stereocenters. The fourth-order valence-corrected chi connectivity index (χ4v) is 3.19. The Morgan fingerprint density at radius 1 is 1.19 bits per heavy atom. The molecule has 2 aliphatic rings. The van der Waals surface area contributed by atoms with Crippen LogP contribution in [0.2, 0.25) is 0 Å². The van der Waals surface area contributed by atoms with E-state index in [2.05, 4.69) is 5.32 Å². The van der Waals surface area contributed by atoms with E-state index in [1.165, 1.54) is 6.07 Å². The molecule has 8 heteroatoms. The van der Waals surface area contributed by atoms with Crippen LogP contribution in [0.5, 0.6) is 0 Å². The van der Waals surface area contributed by atoms with Crippen molar-refractivity contribution in [2.24, 2.45) is 11.8 Å². The number of rotatable bonds is 4. The molecule has 5 nitrogen and oxygen atoms in total. The highest BCUT2D eigenvalue weighted by Gasteiger charge is 2.39. The topological polar surface area (TPSA) is 52.7 Å². The molecule has 2 amide bonds. The number of carbonyl (C=O) groups is 2. The maximum Gasteiger partial charge on any atom is 0.416 e. The molecular weight excluding hydrogens is 347 g/mol. The first-order valence-corrected chi connectivity index (χ1v) is 8.73. The molecule has 1 N–H and O–H groups in total. The molecular formula is C18H22F3N3O2. The second-order valence-electron chi connectivity index (χ2n) is 6.95. The fraction of sp³-hybridized carbons (Fsp3) is 0.556. The van der Waals surface area contributed by atoms with Gasteiger partial charge in [0.2, 0.25) is 11.8 Å². The molecule has 26 heavy (non-hydrogen) atoms. The quantitative estimate of drug-likeness (QED) is 0.885. The number of carbonyl (C=O) groups excluding carboxylic acids is 2. The molecule has 1 aromatic rings. The average Bonchev–Trinajstić information content (AvgIpc) is 3.36. The van der Waals surface area contributed by atoms with Crippen molar-refractivity contribution in [3.05, 3.63) is 29.8 Å². The number of nitrogens with zero attached hydrogens (tertiary/aromatic N) is 2. The van der Waals surface area contributed by atoms with Crippen molar-refractivity contribution in [3.63, 3.8) is 0 Å². The Balaban J connectivity index is 1.49. The van der Waals surface area contributed by atoms with Crippen LogP contribution in [0.4, 0.5) is 18.9 Å². The van der Waals surface area contributed by atoms with Gasteiger partial charge in [-0.15, -0.1) is 0 Å². The summed E-state index contributed by atoms with van der Waals surface area (Å²) >= 11 is 0. The number of nitrogens with one attached hydrogen (secondary N) is 1. The molecule has 0 spiro atoms. The van der Waals surface area contributed by atoms with Gasteiger partial charge in [0.1, 0.15) is 0 Å². The lowest BCUT2D eigenvalue weighted by atomic mass is 10.1. The molecule has 2 fully saturated rings. The maximum atomic E-state index is 12.8. The number of hydrogen-bond acceptors (Lipinski definition) is 3. The minimum atomic E-state index is -4.37. The lowest BCUT2D eigenvalue weighted by Gasteiger charge is -2.36. The van der Waals surface area contributed by atoms with E-state index in [4.69, 9.17) is 0 Å².